The van der Waals surface area contributed by atoms with Crippen LogP contribution in [0.5, 0.6) is 0 Å². The van der Waals surface area contributed by atoms with Crippen molar-refractivity contribution in [3.05, 3.63) is 0 Å². The molecule has 2 atom stereocenters. The molecule has 0 aliphatic heterocycles. The molecular weight excluding hydrogens is 451 g/mol. The van der Waals surface area contributed by atoms with Gasteiger partial charge in [-0.05, 0) is 26.9 Å². The van der Waals surface area contributed by atoms with E-state index in [4.69, 9.17) is 10.2 Å². The van der Waals surface area contributed by atoms with E-state index in [2.05, 4.69) is 24.5 Å². The minimum atomic E-state index is -0.764. The summed E-state index contributed by atoms with van der Waals surface area (Å²) in [5.74, 6) is -1.53. The Morgan fingerprint density at radius 3 is 1.22 bits per heavy atom. The molecule has 0 amide bonds. The second-order valence-corrected chi connectivity index (χ2v) is 10.7. The molecule has 2 unspecified atom stereocenters. The molecule has 4 N–H and O–H groups in total. The summed E-state index contributed by atoms with van der Waals surface area (Å²) < 4.78 is 3.25. The summed E-state index contributed by atoms with van der Waals surface area (Å²) in [7, 11) is 3.32. The van der Waals surface area contributed by atoms with E-state index < -0.39 is 11.9 Å². The van der Waals surface area contributed by atoms with Crippen LogP contribution in [0.1, 0.15) is 79.1 Å². The van der Waals surface area contributed by atoms with Gasteiger partial charge < -0.3 is 20.8 Å². The fourth-order valence-corrected chi connectivity index (χ4v) is 6.25. The summed E-state index contributed by atoms with van der Waals surface area (Å²) in [6, 6.07) is -0.731. The number of likely N-dealkylation sites (N-methyl/N-ethyl adjacent to an activating group) is 2. The maximum absolute atomic E-state index is 10.3. The van der Waals surface area contributed by atoms with E-state index >= 15 is 0 Å². The van der Waals surface area contributed by atoms with Gasteiger partial charge in [0.2, 0.25) is 0 Å². The summed E-state index contributed by atoms with van der Waals surface area (Å²) in [4.78, 5) is 20.5. The number of unbranched alkanes of at least 4 members (excludes halogenated alkanes) is 2. The van der Waals surface area contributed by atoms with Gasteiger partial charge in [0, 0.05) is 0 Å². The average Bonchev–Trinajstić information content (AvgIpc) is 2.64. The van der Waals surface area contributed by atoms with Crippen molar-refractivity contribution in [3.8, 4) is 0 Å². The second kappa shape index (κ2) is 25.7. The molecule has 6 nitrogen and oxygen atoms in total. The van der Waals surface area contributed by atoms with E-state index in [9.17, 15) is 9.59 Å². The van der Waals surface area contributed by atoms with Gasteiger partial charge in [0.15, 0.2) is 0 Å². The Bertz CT molecular complexity index is 301. The number of nitrogens with one attached hydrogen (secondary N) is 2. The quantitative estimate of drug-likeness (QED) is 0.215. The van der Waals surface area contributed by atoms with Gasteiger partial charge in [-0.3, -0.25) is 9.59 Å². The number of hydrogen-bond donors (Lipinski definition) is 4. The molecule has 0 saturated heterocycles. The van der Waals surface area contributed by atoms with Crippen molar-refractivity contribution in [1.82, 2.24) is 10.6 Å². The monoisotopic (exact) mass is 496 g/mol. The van der Waals surface area contributed by atoms with Crippen molar-refractivity contribution in [2.24, 2.45) is 0 Å². The Morgan fingerprint density at radius 1 is 0.741 bits per heavy atom. The Balaban J connectivity index is -0.000000320. The van der Waals surface area contributed by atoms with Gasteiger partial charge in [0.05, 0.1) is 0 Å². The predicted octanol–water partition coefficient (Wildman–Crippen LogP) is 4.05. The SMILES string of the molecule is CCCC(NC)C(=O)O.CCCC(NC)C(=O)O.CCC[CH2][Sn][CH2]CCC. The number of hydrogen-bond acceptors (Lipinski definition) is 4. The maximum atomic E-state index is 10.3. The van der Waals surface area contributed by atoms with Crippen molar-refractivity contribution >= 4 is 33.1 Å². The molecule has 0 rings (SSSR count). The van der Waals surface area contributed by atoms with Crippen LogP contribution in [0, 0.1) is 0 Å². The van der Waals surface area contributed by atoms with E-state index in [1.807, 2.05) is 13.8 Å². The zero-order valence-electron chi connectivity index (χ0n) is 18.4. The van der Waals surface area contributed by atoms with Crippen LogP contribution in [-0.2, 0) is 9.59 Å². The third-order valence-corrected chi connectivity index (χ3v) is 7.90. The molecule has 27 heavy (non-hydrogen) atoms. The topological polar surface area (TPSA) is 98.7 Å². The van der Waals surface area contributed by atoms with E-state index in [1.54, 1.807) is 23.0 Å². The Morgan fingerprint density at radius 2 is 1.07 bits per heavy atom. The first kappa shape index (κ1) is 31.4. The molecule has 0 aliphatic rings. The van der Waals surface area contributed by atoms with E-state index in [0.717, 1.165) is 12.8 Å². The number of carboxylic acid groups (broad SMARTS) is 2. The van der Waals surface area contributed by atoms with E-state index in [-0.39, 0.29) is 33.2 Å². The number of aliphatic carboxylic acids is 2. The van der Waals surface area contributed by atoms with E-state index in [0.29, 0.717) is 12.8 Å². The number of carbonyl (C=O) groups is 2. The van der Waals surface area contributed by atoms with Crippen LogP contribution in [0.3, 0.4) is 0 Å². The van der Waals surface area contributed by atoms with Crippen LogP contribution in [0.15, 0.2) is 0 Å². The van der Waals surface area contributed by atoms with Gasteiger partial charge in [-0.1, -0.05) is 26.7 Å². The molecule has 0 fully saturated rings. The predicted molar refractivity (Wildman–Crippen MR) is 116 cm³/mol. The van der Waals surface area contributed by atoms with Gasteiger partial charge in [-0.2, -0.15) is 0 Å². The molecule has 0 aliphatic carbocycles. The zero-order valence-corrected chi connectivity index (χ0v) is 21.3. The summed E-state index contributed by atoms with van der Waals surface area (Å²) in [5, 5.41) is 22.3. The van der Waals surface area contributed by atoms with Gasteiger partial charge in [0.25, 0.3) is 0 Å². The van der Waals surface area contributed by atoms with Crippen molar-refractivity contribution in [2.45, 2.75) is 100 Å². The van der Waals surface area contributed by atoms with Crippen LogP contribution < -0.4 is 10.6 Å². The third-order valence-electron chi connectivity index (χ3n) is 3.86. The van der Waals surface area contributed by atoms with Gasteiger partial charge in [-0.25, -0.2) is 0 Å². The standard InChI is InChI=1S/2C6H13NO2.2C4H9.Sn/c2*1-3-4-5(7-2)6(8)9;2*1-3-4-2;/h2*5,7H,3-4H2,1-2H3,(H,8,9);2*1,3-4H2,2H3;. The van der Waals surface area contributed by atoms with Crippen molar-refractivity contribution < 1.29 is 19.8 Å². The van der Waals surface area contributed by atoms with Crippen LogP contribution in [-0.4, -0.2) is 69.5 Å². The average molecular weight is 495 g/mol. The summed E-state index contributed by atoms with van der Waals surface area (Å²) >= 11 is 0.149. The molecule has 0 bridgehead atoms. The van der Waals surface area contributed by atoms with Crippen LogP contribution in [0.2, 0.25) is 8.87 Å². The molecule has 0 aromatic carbocycles. The summed E-state index contributed by atoms with van der Waals surface area (Å²) in [6.07, 6.45) is 9.04. The Hall–Kier alpha value is -0.341. The van der Waals surface area contributed by atoms with E-state index in [1.165, 1.54) is 25.7 Å². The molecule has 7 heteroatoms. The Labute approximate surface area is 177 Å². The Kier molecular flexibility index (Phi) is 29.8. The molecule has 0 aromatic rings. The minimum absolute atomic E-state index is 0.149. The molecule has 2 radical (unpaired) electrons. The first-order valence-electron chi connectivity index (χ1n) is 10.4. The van der Waals surface area contributed by atoms with Crippen LogP contribution in [0.4, 0.5) is 0 Å². The third kappa shape index (κ3) is 25.7. The fourth-order valence-electron chi connectivity index (χ4n) is 2.09. The molecule has 0 heterocycles. The first-order valence-corrected chi connectivity index (χ1v) is 14.4. The summed E-state index contributed by atoms with van der Waals surface area (Å²) in [6.45, 7) is 8.51. The molecular formula is C20H44N2O4Sn. The number of carboxylic acids is 2. The van der Waals surface area contributed by atoms with Crippen molar-refractivity contribution in [3.63, 3.8) is 0 Å². The van der Waals surface area contributed by atoms with Gasteiger partial charge in [0.1, 0.15) is 12.1 Å². The normalized spacial score (nSPS) is 12.1. The second-order valence-electron chi connectivity index (χ2n) is 6.39. The van der Waals surface area contributed by atoms with Gasteiger partial charge in [-0.15, -0.1) is 0 Å². The molecule has 162 valence electrons. The number of rotatable bonds is 14. The molecule has 0 spiro atoms. The van der Waals surface area contributed by atoms with Gasteiger partial charge >= 0.3 is 81.5 Å². The summed E-state index contributed by atoms with van der Waals surface area (Å²) in [5.41, 5.74) is 0. The molecule has 0 saturated carbocycles. The first-order chi connectivity index (χ1) is 12.9. The van der Waals surface area contributed by atoms with Crippen molar-refractivity contribution in [2.75, 3.05) is 14.1 Å². The fraction of sp³-hybridized carbons (Fsp3) is 0.900. The molecule has 0 aromatic heterocycles. The van der Waals surface area contributed by atoms with Crippen LogP contribution in [0.25, 0.3) is 0 Å². The van der Waals surface area contributed by atoms with Crippen molar-refractivity contribution in [1.29, 1.82) is 0 Å². The van der Waals surface area contributed by atoms with Crippen LogP contribution >= 0.6 is 0 Å². The zero-order chi connectivity index (χ0) is 21.5.